The SMILES string of the molecule is O=C(CCS(=O)(=O)c1ccccc1)N[C@@H](c1cccnc1)C1CCOCC1. The van der Waals surface area contributed by atoms with Gasteiger partial charge in [-0.1, -0.05) is 24.3 Å². The van der Waals surface area contributed by atoms with Gasteiger partial charge in [0.15, 0.2) is 9.84 Å². The van der Waals surface area contributed by atoms with Crippen molar-refractivity contribution < 1.29 is 17.9 Å². The quantitative estimate of drug-likeness (QED) is 0.788. The summed E-state index contributed by atoms with van der Waals surface area (Å²) in [6.07, 6.45) is 5.07. The maximum absolute atomic E-state index is 12.5. The van der Waals surface area contributed by atoms with Crippen molar-refractivity contribution in [3.05, 3.63) is 60.4 Å². The zero-order chi connectivity index (χ0) is 19.1. The van der Waals surface area contributed by atoms with Crippen molar-refractivity contribution in [3.8, 4) is 0 Å². The summed E-state index contributed by atoms with van der Waals surface area (Å²) in [5.41, 5.74) is 0.934. The van der Waals surface area contributed by atoms with Crippen molar-refractivity contribution >= 4 is 15.7 Å². The number of hydrogen-bond donors (Lipinski definition) is 1. The second kappa shape index (κ2) is 9.10. The van der Waals surface area contributed by atoms with Gasteiger partial charge in [-0.05, 0) is 42.5 Å². The summed E-state index contributed by atoms with van der Waals surface area (Å²) in [5.74, 6) is -0.233. The van der Waals surface area contributed by atoms with Gasteiger partial charge in [-0.15, -0.1) is 0 Å². The van der Waals surface area contributed by atoms with E-state index in [2.05, 4.69) is 10.3 Å². The molecule has 0 spiro atoms. The van der Waals surface area contributed by atoms with Crippen molar-refractivity contribution in [1.82, 2.24) is 10.3 Å². The van der Waals surface area contributed by atoms with E-state index in [1.807, 2.05) is 12.1 Å². The molecule has 1 aliphatic heterocycles. The number of nitrogens with zero attached hydrogens (tertiary/aromatic N) is 1. The first-order valence-electron chi connectivity index (χ1n) is 9.11. The number of sulfone groups is 1. The average molecular weight is 388 g/mol. The highest BCUT2D eigenvalue weighted by Crippen LogP contribution is 2.29. The fourth-order valence-corrected chi connectivity index (χ4v) is 4.56. The molecule has 0 saturated carbocycles. The Morgan fingerprint density at radius 2 is 1.89 bits per heavy atom. The molecule has 0 radical (unpaired) electrons. The number of rotatable bonds is 7. The summed E-state index contributed by atoms with van der Waals surface area (Å²) in [4.78, 5) is 16.9. The first kappa shape index (κ1) is 19.5. The van der Waals surface area contributed by atoms with E-state index < -0.39 is 9.84 Å². The van der Waals surface area contributed by atoms with Crippen LogP contribution in [0.4, 0.5) is 0 Å². The van der Waals surface area contributed by atoms with Gasteiger partial charge in [0.1, 0.15) is 0 Å². The zero-order valence-electron chi connectivity index (χ0n) is 15.1. The van der Waals surface area contributed by atoms with Crippen molar-refractivity contribution in [2.45, 2.75) is 30.2 Å². The normalized spacial score (nSPS) is 16.6. The molecule has 0 aliphatic carbocycles. The lowest BCUT2D eigenvalue weighted by Crippen LogP contribution is -2.36. The molecule has 2 heterocycles. The van der Waals surface area contributed by atoms with Gasteiger partial charge in [0.05, 0.1) is 16.7 Å². The third kappa shape index (κ3) is 5.37. The molecule has 1 fully saturated rings. The summed E-state index contributed by atoms with van der Waals surface area (Å²) in [6.45, 7) is 1.33. The number of aromatic nitrogens is 1. The number of amides is 1. The summed E-state index contributed by atoms with van der Waals surface area (Å²) in [5, 5.41) is 3.03. The van der Waals surface area contributed by atoms with E-state index in [1.54, 1.807) is 42.7 Å². The number of pyridine rings is 1. The lowest BCUT2D eigenvalue weighted by atomic mass is 9.87. The van der Waals surface area contributed by atoms with Gasteiger partial charge in [-0.25, -0.2) is 8.42 Å². The fraction of sp³-hybridized carbons (Fsp3) is 0.400. The van der Waals surface area contributed by atoms with Crippen LogP contribution in [0.15, 0.2) is 59.8 Å². The lowest BCUT2D eigenvalue weighted by molar-refractivity contribution is -0.122. The number of carbonyl (C=O) groups is 1. The number of benzene rings is 1. The molecule has 1 atom stereocenters. The maximum atomic E-state index is 12.5. The maximum Gasteiger partial charge on any atom is 0.221 e. The average Bonchev–Trinajstić information content (AvgIpc) is 2.72. The minimum atomic E-state index is -3.47. The molecule has 7 heteroatoms. The van der Waals surface area contributed by atoms with E-state index in [0.717, 1.165) is 18.4 Å². The second-order valence-corrected chi connectivity index (χ2v) is 8.77. The molecule has 0 bridgehead atoms. The Balaban J connectivity index is 1.66. The molecule has 27 heavy (non-hydrogen) atoms. The van der Waals surface area contributed by atoms with E-state index >= 15 is 0 Å². The Bertz CT molecular complexity index is 835. The Morgan fingerprint density at radius 1 is 1.15 bits per heavy atom. The molecule has 1 aromatic heterocycles. The largest absolute Gasteiger partial charge is 0.381 e. The Hall–Kier alpha value is -2.25. The van der Waals surface area contributed by atoms with Crippen LogP contribution >= 0.6 is 0 Å². The molecule has 2 aromatic rings. The summed E-state index contributed by atoms with van der Waals surface area (Å²) in [6, 6.07) is 11.8. The molecule has 1 aromatic carbocycles. The molecule has 1 N–H and O–H groups in total. The fourth-order valence-electron chi connectivity index (χ4n) is 3.30. The molecular formula is C20H24N2O4S. The standard InChI is InChI=1S/C20H24N2O4S/c23-19(10-14-27(24,25)18-6-2-1-3-7-18)22-20(16-8-12-26-13-9-16)17-5-4-11-21-15-17/h1-7,11,15-16,20H,8-10,12-14H2,(H,22,23)/t20-/m1/s1. The van der Waals surface area contributed by atoms with Gasteiger partial charge in [0.25, 0.3) is 0 Å². The molecule has 144 valence electrons. The third-order valence-electron chi connectivity index (χ3n) is 4.80. The smallest absolute Gasteiger partial charge is 0.221 e. The van der Waals surface area contributed by atoms with Crippen molar-refractivity contribution in [1.29, 1.82) is 0 Å². The van der Waals surface area contributed by atoms with Gasteiger partial charge >= 0.3 is 0 Å². The first-order valence-corrected chi connectivity index (χ1v) is 10.8. The monoisotopic (exact) mass is 388 g/mol. The predicted molar refractivity (Wildman–Crippen MR) is 102 cm³/mol. The van der Waals surface area contributed by atoms with Crippen LogP contribution < -0.4 is 5.32 Å². The molecule has 0 unspecified atom stereocenters. The van der Waals surface area contributed by atoms with Gasteiger partial charge < -0.3 is 10.1 Å². The number of nitrogens with one attached hydrogen (secondary N) is 1. The highest BCUT2D eigenvalue weighted by Gasteiger charge is 2.27. The van der Waals surface area contributed by atoms with Gasteiger partial charge in [-0.3, -0.25) is 9.78 Å². The Labute approximate surface area is 159 Å². The molecule has 1 saturated heterocycles. The number of ether oxygens (including phenoxy) is 1. The Morgan fingerprint density at radius 3 is 2.56 bits per heavy atom. The van der Waals surface area contributed by atoms with E-state index in [1.165, 1.54) is 0 Å². The van der Waals surface area contributed by atoms with Crippen LogP contribution in [0.1, 0.15) is 30.9 Å². The van der Waals surface area contributed by atoms with E-state index in [9.17, 15) is 13.2 Å². The van der Waals surface area contributed by atoms with E-state index in [0.29, 0.717) is 13.2 Å². The molecular weight excluding hydrogens is 364 g/mol. The molecule has 1 amide bonds. The van der Waals surface area contributed by atoms with E-state index in [4.69, 9.17) is 4.74 Å². The van der Waals surface area contributed by atoms with Crippen LogP contribution in [0, 0.1) is 5.92 Å². The minimum absolute atomic E-state index is 0.0722. The van der Waals surface area contributed by atoms with Gasteiger partial charge in [0.2, 0.25) is 5.91 Å². The molecule has 3 rings (SSSR count). The van der Waals surface area contributed by atoms with Gasteiger partial charge in [0, 0.05) is 32.0 Å². The van der Waals surface area contributed by atoms with Crippen LogP contribution in [0.3, 0.4) is 0 Å². The summed E-state index contributed by atoms with van der Waals surface area (Å²) < 4.78 is 30.2. The molecule has 6 nitrogen and oxygen atoms in total. The first-order chi connectivity index (χ1) is 13.1. The Kier molecular flexibility index (Phi) is 6.58. The van der Waals surface area contributed by atoms with Crippen LogP contribution in [0.5, 0.6) is 0 Å². The van der Waals surface area contributed by atoms with Crippen molar-refractivity contribution in [2.24, 2.45) is 5.92 Å². The zero-order valence-corrected chi connectivity index (χ0v) is 15.9. The van der Waals surface area contributed by atoms with Gasteiger partial charge in [-0.2, -0.15) is 0 Å². The summed E-state index contributed by atoms with van der Waals surface area (Å²) >= 11 is 0. The van der Waals surface area contributed by atoms with Crippen molar-refractivity contribution in [2.75, 3.05) is 19.0 Å². The molecule has 1 aliphatic rings. The topological polar surface area (TPSA) is 85.4 Å². The van der Waals surface area contributed by atoms with Crippen LogP contribution in [0.2, 0.25) is 0 Å². The highest BCUT2D eigenvalue weighted by molar-refractivity contribution is 7.91. The van der Waals surface area contributed by atoms with Crippen LogP contribution in [-0.4, -0.2) is 38.3 Å². The van der Waals surface area contributed by atoms with Crippen LogP contribution in [-0.2, 0) is 19.4 Å². The van der Waals surface area contributed by atoms with Crippen LogP contribution in [0.25, 0.3) is 0 Å². The van der Waals surface area contributed by atoms with Crippen molar-refractivity contribution in [3.63, 3.8) is 0 Å². The lowest BCUT2D eigenvalue weighted by Gasteiger charge is -2.31. The number of hydrogen-bond acceptors (Lipinski definition) is 5. The predicted octanol–water partition coefficient (Wildman–Crippen LogP) is 2.53. The third-order valence-corrected chi connectivity index (χ3v) is 6.53. The summed E-state index contributed by atoms with van der Waals surface area (Å²) in [7, 11) is -3.47. The van der Waals surface area contributed by atoms with E-state index in [-0.39, 0.29) is 34.9 Å². The number of carbonyl (C=O) groups excluding carboxylic acids is 1. The second-order valence-electron chi connectivity index (χ2n) is 6.66. The highest BCUT2D eigenvalue weighted by atomic mass is 32.2. The minimum Gasteiger partial charge on any atom is -0.381 e.